The van der Waals surface area contributed by atoms with Gasteiger partial charge in [0.2, 0.25) is 0 Å². The van der Waals surface area contributed by atoms with Crippen molar-refractivity contribution < 1.29 is 0 Å². The first kappa shape index (κ1) is 8.71. The van der Waals surface area contributed by atoms with E-state index < -0.39 is 0 Å². The first-order chi connectivity index (χ1) is 7.17. The van der Waals surface area contributed by atoms with E-state index in [1.54, 1.807) is 12.4 Å². The zero-order valence-electron chi connectivity index (χ0n) is 8.94. The highest BCUT2D eigenvalue weighted by molar-refractivity contribution is 5.67. The molecule has 1 aliphatic carbocycles. The highest BCUT2D eigenvalue weighted by Crippen LogP contribution is 2.46. The Morgan fingerprint density at radius 1 is 1.47 bits per heavy atom. The quantitative estimate of drug-likeness (QED) is 0.809. The first-order valence-corrected chi connectivity index (χ1v) is 5.22. The lowest BCUT2D eigenvalue weighted by Crippen LogP contribution is -2.10. The number of nitrogens with one attached hydrogen (secondary N) is 1. The number of hydrogen-bond donors (Lipinski definition) is 1. The van der Waals surface area contributed by atoms with Gasteiger partial charge >= 0.3 is 0 Å². The molecule has 1 unspecified atom stereocenters. The third-order valence-corrected chi connectivity index (χ3v) is 3.15. The van der Waals surface area contributed by atoms with Gasteiger partial charge in [-0.05, 0) is 17.9 Å². The van der Waals surface area contributed by atoms with E-state index in [1.807, 2.05) is 16.8 Å². The SMILES string of the molecule is CC1(C)CC1Nc1nccn2nccc12. The predicted octanol–water partition coefficient (Wildman–Crippen LogP) is 1.94. The summed E-state index contributed by atoms with van der Waals surface area (Å²) in [5.74, 6) is 0.936. The van der Waals surface area contributed by atoms with Gasteiger partial charge in [-0.3, -0.25) is 0 Å². The minimum Gasteiger partial charge on any atom is -0.365 e. The van der Waals surface area contributed by atoms with E-state index in [0.717, 1.165) is 11.3 Å². The van der Waals surface area contributed by atoms with E-state index >= 15 is 0 Å². The summed E-state index contributed by atoms with van der Waals surface area (Å²) in [7, 11) is 0. The normalized spacial score (nSPS) is 22.9. The third-order valence-electron chi connectivity index (χ3n) is 3.15. The highest BCUT2D eigenvalue weighted by atomic mass is 15.2. The van der Waals surface area contributed by atoms with E-state index in [9.17, 15) is 0 Å². The van der Waals surface area contributed by atoms with Crippen molar-refractivity contribution in [2.24, 2.45) is 5.41 Å². The molecule has 0 radical (unpaired) electrons. The van der Waals surface area contributed by atoms with Crippen LogP contribution >= 0.6 is 0 Å². The Morgan fingerprint density at radius 3 is 3.00 bits per heavy atom. The van der Waals surface area contributed by atoms with E-state index in [4.69, 9.17) is 0 Å². The molecule has 2 aromatic heterocycles. The van der Waals surface area contributed by atoms with Gasteiger partial charge in [0.25, 0.3) is 0 Å². The van der Waals surface area contributed by atoms with Crippen LogP contribution in [0.3, 0.4) is 0 Å². The molecular weight excluding hydrogens is 188 g/mol. The molecule has 0 amide bonds. The summed E-state index contributed by atoms with van der Waals surface area (Å²) in [4.78, 5) is 4.35. The minimum absolute atomic E-state index is 0.411. The molecule has 15 heavy (non-hydrogen) atoms. The monoisotopic (exact) mass is 202 g/mol. The van der Waals surface area contributed by atoms with Gasteiger partial charge in [-0.2, -0.15) is 5.10 Å². The van der Waals surface area contributed by atoms with Gasteiger partial charge in [-0.15, -0.1) is 0 Å². The molecule has 4 nitrogen and oxygen atoms in total. The Labute approximate surface area is 88.3 Å². The van der Waals surface area contributed by atoms with Crippen LogP contribution in [0.1, 0.15) is 20.3 Å². The van der Waals surface area contributed by atoms with Gasteiger partial charge < -0.3 is 5.32 Å². The summed E-state index contributed by atoms with van der Waals surface area (Å²) in [5, 5.41) is 7.64. The Balaban J connectivity index is 1.94. The molecule has 1 fully saturated rings. The van der Waals surface area contributed by atoms with Crippen molar-refractivity contribution in [1.82, 2.24) is 14.6 Å². The summed E-state index contributed by atoms with van der Waals surface area (Å²) >= 11 is 0. The van der Waals surface area contributed by atoms with Crippen LogP contribution in [0.4, 0.5) is 5.82 Å². The number of fused-ring (bicyclic) bond motifs is 1. The Kier molecular flexibility index (Phi) is 1.58. The number of hydrogen-bond acceptors (Lipinski definition) is 3. The van der Waals surface area contributed by atoms with Crippen LogP contribution in [-0.4, -0.2) is 20.6 Å². The van der Waals surface area contributed by atoms with Crippen molar-refractivity contribution >= 4 is 11.3 Å². The molecule has 78 valence electrons. The Morgan fingerprint density at radius 2 is 2.27 bits per heavy atom. The molecule has 1 aliphatic rings. The van der Waals surface area contributed by atoms with Gasteiger partial charge in [-0.25, -0.2) is 9.50 Å². The van der Waals surface area contributed by atoms with Gasteiger partial charge in [0.1, 0.15) is 5.52 Å². The second kappa shape index (κ2) is 2.72. The molecule has 3 rings (SSSR count). The summed E-state index contributed by atoms with van der Waals surface area (Å²) in [6, 6.07) is 2.52. The molecule has 0 aromatic carbocycles. The highest BCUT2D eigenvalue weighted by Gasteiger charge is 2.46. The van der Waals surface area contributed by atoms with Crippen LogP contribution in [0.2, 0.25) is 0 Å². The first-order valence-electron chi connectivity index (χ1n) is 5.22. The third kappa shape index (κ3) is 1.37. The van der Waals surface area contributed by atoms with Crippen molar-refractivity contribution in [2.45, 2.75) is 26.3 Å². The molecule has 1 N–H and O–H groups in total. The zero-order chi connectivity index (χ0) is 10.5. The summed E-state index contributed by atoms with van der Waals surface area (Å²) in [6.45, 7) is 4.53. The number of rotatable bonds is 2. The molecule has 1 atom stereocenters. The fraction of sp³-hybridized carbons (Fsp3) is 0.455. The maximum atomic E-state index is 4.35. The molecule has 0 bridgehead atoms. The van der Waals surface area contributed by atoms with Gasteiger partial charge in [0.15, 0.2) is 5.82 Å². The lowest BCUT2D eigenvalue weighted by atomic mass is 10.2. The molecule has 0 aliphatic heterocycles. The Hall–Kier alpha value is -1.58. The number of nitrogens with zero attached hydrogens (tertiary/aromatic N) is 3. The minimum atomic E-state index is 0.411. The van der Waals surface area contributed by atoms with Crippen molar-refractivity contribution in [1.29, 1.82) is 0 Å². The van der Waals surface area contributed by atoms with Crippen LogP contribution in [0, 0.1) is 5.41 Å². The molecule has 0 spiro atoms. The second-order valence-corrected chi connectivity index (χ2v) is 4.83. The van der Waals surface area contributed by atoms with Crippen molar-refractivity contribution in [2.75, 3.05) is 5.32 Å². The van der Waals surface area contributed by atoms with Gasteiger partial charge in [0, 0.05) is 18.4 Å². The molecular formula is C11H14N4. The average Bonchev–Trinajstić information content (AvgIpc) is 2.66. The molecule has 2 aromatic rings. The second-order valence-electron chi connectivity index (χ2n) is 4.83. The maximum Gasteiger partial charge on any atom is 0.152 e. The van der Waals surface area contributed by atoms with Crippen LogP contribution < -0.4 is 5.32 Å². The number of anilines is 1. The van der Waals surface area contributed by atoms with Crippen molar-refractivity contribution in [3.63, 3.8) is 0 Å². The van der Waals surface area contributed by atoms with Crippen molar-refractivity contribution in [3.05, 3.63) is 24.7 Å². The van der Waals surface area contributed by atoms with Crippen LogP contribution in [0.15, 0.2) is 24.7 Å². The predicted molar refractivity (Wildman–Crippen MR) is 58.8 cm³/mol. The maximum absolute atomic E-state index is 4.35. The average molecular weight is 202 g/mol. The summed E-state index contributed by atoms with van der Waals surface area (Å²) < 4.78 is 1.84. The van der Waals surface area contributed by atoms with E-state index in [1.165, 1.54) is 6.42 Å². The van der Waals surface area contributed by atoms with Crippen LogP contribution in [-0.2, 0) is 0 Å². The molecule has 4 heteroatoms. The summed E-state index contributed by atoms with van der Waals surface area (Å²) in [6.07, 6.45) is 6.64. The topological polar surface area (TPSA) is 42.2 Å². The van der Waals surface area contributed by atoms with E-state index in [0.29, 0.717) is 11.5 Å². The lowest BCUT2D eigenvalue weighted by Gasteiger charge is -2.08. The van der Waals surface area contributed by atoms with Crippen molar-refractivity contribution in [3.8, 4) is 0 Å². The fourth-order valence-electron chi connectivity index (χ4n) is 1.85. The van der Waals surface area contributed by atoms with Crippen LogP contribution in [0.25, 0.3) is 5.52 Å². The molecule has 1 saturated carbocycles. The Bertz CT molecular complexity index is 500. The van der Waals surface area contributed by atoms with Gasteiger partial charge in [0.05, 0.1) is 6.20 Å². The molecule has 2 heterocycles. The zero-order valence-corrected chi connectivity index (χ0v) is 8.94. The van der Waals surface area contributed by atoms with Gasteiger partial charge in [-0.1, -0.05) is 13.8 Å². The molecule has 0 saturated heterocycles. The fourth-order valence-corrected chi connectivity index (χ4v) is 1.85. The largest absolute Gasteiger partial charge is 0.365 e. The number of aromatic nitrogens is 3. The van der Waals surface area contributed by atoms with Crippen LogP contribution in [0.5, 0.6) is 0 Å². The summed E-state index contributed by atoms with van der Waals surface area (Å²) in [5.41, 5.74) is 1.45. The lowest BCUT2D eigenvalue weighted by molar-refractivity contribution is 0.630. The standard InChI is InChI=1S/C11H14N4/c1-11(2)7-9(11)14-10-8-3-4-13-15(8)6-5-12-10/h3-6,9H,7H2,1-2H3,(H,12,14). The van der Waals surface area contributed by atoms with E-state index in [2.05, 4.69) is 29.2 Å². The van der Waals surface area contributed by atoms with E-state index in [-0.39, 0.29) is 0 Å². The smallest absolute Gasteiger partial charge is 0.152 e.